The number of anilines is 2. The number of nitrogen functional groups attached to an aromatic ring is 1. The summed E-state index contributed by atoms with van der Waals surface area (Å²) in [6.45, 7) is 2.18. The molecule has 3 aromatic rings. The van der Waals surface area contributed by atoms with Crippen molar-refractivity contribution >= 4 is 34.7 Å². The first-order chi connectivity index (χ1) is 12.2. The predicted molar refractivity (Wildman–Crippen MR) is 102 cm³/mol. The van der Waals surface area contributed by atoms with Crippen molar-refractivity contribution in [2.45, 2.75) is 31.3 Å². The molecule has 0 aliphatic heterocycles. The van der Waals surface area contributed by atoms with E-state index < -0.39 is 0 Å². The number of nitrogens with zero attached hydrogens (tertiary/aromatic N) is 3. The molecule has 1 aromatic carbocycles. The molecular weight excluding hydrogens is 334 g/mol. The Kier molecular flexibility index (Phi) is 5.55. The maximum absolute atomic E-state index is 12.2. The Hall–Kier alpha value is -2.54. The zero-order valence-corrected chi connectivity index (χ0v) is 14.9. The van der Waals surface area contributed by atoms with Crippen LogP contribution in [0.2, 0.25) is 0 Å². The lowest BCUT2D eigenvalue weighted by atomic mass is 10.1. The molecule has 2 heterocycles. The first-order valence-electron chi connectivity index (χ1n) is 8.27. The van der Waals surface area contributed by atoms with Gasteiger partial charge < -0.3 is 11.1 Å². The third-order valence-corrected chi connectivity index (χ3v) is 4.73. The fourth-order valence-electron chi connectivity index (χ4n) is 2.45. The molecule has 0 atom stereocenters. The van der Waals surface area contributed by atoms with Crippen LogP contribution < -0.4 is 11.1 Å². The van der Waals surface area contributed by atoms with Crippen molar-refractivity contribution in [2.75, 3.05) is 16.8 Å². The number of carbonyl (C=O) groups excluding carboxylic acids is 1. The molecular formula is C18H21N5OS. The Balaban J connectivity index is 1.56. The molecule has 6 nitrogen and oxygen atoms in total. The van der Waals surface area contributed by atoms with E-state index in [2.05, 4.69) is 34.6 Å². The molecule has 0 bridgehead atoms. The van der Waals surface area contributed by atoms with Crippen molar-refractivity contribution in [2.24, 2.45) is 0 Å². The van der Waals surface area contributed by atoms with Crippen LogP contribution in [0.1, 0.15) is 25.3 Å². The lowest BCUT2D eigenvalue weighted by Gasteiger charge is -2.06. The Morgan fingerprint density at radius 2 is 2.00 bits per heavy atom. The molecule has 0 aliphatic rings. The van der Waals surface area contributed by atoms with Gasteiger partial charge in [0.2, 0.25) is 5.91 Å². The maximum atomic E-state index is 12.2. The van der Waals surface area contributed by atoms with Gasteiger partial charge in [0.1, 0.15) is 0 Å². The van der Waals surface area contributed by atoms with Gasteiger partial charge in [-0.2, -0.15) is 0 Å². The number of benzene rings is 1. The number of unbranched alkanes of at least 4 members (excludes halogenated alkanes) is 1. The smallest absolute Gasteiger partial charge is 0.234 e. The number of amides is 1. The van der Waals surface area contributed by atoms with Crippen molar-refractivity contribution in [1.29, 1.82) is 0 Å². The minimum absolute atomic E-state index is 0.0769. The average molecular weight is 355 g/mol. The zero-order chi connectivity index (χ0) is 17.6. The van der Waals surface area contributed by atoms with Crippen LogP contribution in [0.15, 0.2) is 47.8 Å². The van der Waals surface area contributed by atoms with Gasteiger partial charge in [-0.1, -0.05) is 37.2 Å². The van der Waals surface area contributed by atoms with Gasteiger partial charge in [0.25, 0.3) is 0 Å². The number of hydrogen-bond acceptors (Lipinski definition) is 5. The highest BCUT2D eigenvalue weighted by Gasteiger charge is 2.09. The quantitative estimate of drug-likeness (QED) is 0.635. The fraction of sp³-hybridized carbons (Fsp3) is 0.278. The van der Waals surface area contributed by atoms with E-state index in [1.54, 1.807) is 22.7 Å². The molecule has 0 aliphatic carbocycles. The normalized spacial score (nSPS) is 10.9. The van der Waals surface area contributed by atoms with E-state index in [0.717, 1.165) is 12.1 Å². The summed E-state index contributed by atoms with van der Waals surface area (Å²) in [5.74, 6) is 0.180. The molecule has 3 N–H and O–H groups in total. The average Bonchev–Trinajstić information content (AvgIpc) is 3.01. The van der Waals surface area contributed by atoms with Crippen molar-refractivity contribution in [3.05, 3.63) is 48.2 Å². The Morgan fingerprint density at radius 3 is 2.76 bits per heavy atom. The Morgan fingerprint density at radius 1 is 1.20 bits per heavy atom. The van der Waals surface area contributed by atoms with Crippen LogP contribution in [0.5, 0.6) is 0 Å². The van der Waals surface area contributed by atoms with Crippen LogP contribution in [0.3, 0.4) is 0 Å². The van der Waals surface area contributed by atoms with Crippen LogP contribution in [-0.4, -0.2) is 26.3 Å². The molecule has 0 saturated heterocycles. The topological polar surface area (TPSA) is 85.3 Å². The highest BCUT2D eigenvalue weighted by atomic mass is 32.2. The summed E-state index contributed by atoms with van der Waals surface area (Å²) in [6.07, 6.45) is 5.19. The van der Waals surface area contributed by atoms with E-state index in [1.807, 2.05) is 12.1 Å². The molecule has 0 unspecified atom stereocenters. The lowest BCUT2D eigenvalue weighted by Crippen LogP contribution is -2.14. The lowest BCUT2D eigenvalue weighted by molar-refractivity contribution is -0.113. The van der Waals surface area contributed by atoms with E-state index in [0.29, 0.717) is 16.5 Å². The van der Waals surface area contributed by atoms with Gasteiger partial charge in [-0.05, 0) is 42.7 Å². The molecule has 130 valence electrons. The number of rotatable bonds is 7. The SMILES string of the molecule is CCCCc1ccc(NC(=O)CSc2nnc3ccc(N)cn23)cc1. The van der Waals surface area contributed by atoms with Crippen LogP contribution in [0.4, 0.5) is 11.4 Å². The summed E-state index contributed by atoms with van der Waals surface area (Å²) in [5.41, 5.74) is 9.22. The number of fused-ring (bicyclic) bond motifs is 1. The standard InChI is InChI=1S/C18H21N5OS/c1-2-3-4-13-5-8-15(9-6-13)20-17(24)12-25-18-22-21-16-10-7-14(19)11-23(16)18/h5-11H,2-4,12,19H2,1H3,(H,20,24). The van der Waals surface area contributed by atoms with Crippen LogP contribution in [-0.2, 0) is 11.2 Å². The number of aromatic nitrogens is 3. The van der Waals surface area contributed by atoms with Crippen molar-refractivity contribution < 1.29 is 4.79 Å². The van der Waals surface area contributed by atoms with Crippen molar-refractivity contribution in [1.82, 2.24) is 14.6 Å². The van der Waals surface area contributed by atoms with E-state index >= 15 is 0 Å². The van der Waals surface area contributed by atoms with Gasteiger partial charge in [0, 0.05) is 17.6 Å². The predicted octanol–water partition coefficient (Wildman–Crippen LogP) is 3.38. The van der Waals surface area contributed by atoms with Gasteiger partial charge in [-0.25, -0.2) is 0 Å². The number of thioether (sulfide) groups is 1. The van der Waals surface area contributed by atoms with Gasteiger partial charge in [-0.3, -0.25) is 9.20 Å². The monoisotopic (exact) mass is 355 g/mol. The van der Waals surface area contributed by atoms with Gasteiger partial charge in [0.05, 0.1) is 5.75 Å². The molecule has 25 heavy (non-hydrogen) atoms. The minimum atomic E-state index is -0.0769. The van der Waals surface area contributed by atoms with Gasteiger partial charge in [-0.15, -0.1) is 10.2 Å². The van der Waals surface area contributed by atoms with Crippen molar-refractivity contribution in [3.63, 3.8) is 0 Å². The Bertz CT molecular complexity index is 860. The number of carbonyl (C=O) groups is 1. The summed E-state index contributed by atoms with van der Waals surface area (Å²) in [7, 11) is 0. The molecule has 0 saturated carbocycles. The largest absolute Gasteiger partial charge is 0.398 e. The summed E-state index contributed by atoms with van der Waals surface area (Å²) in [5, 5.41) is 11.7. The first kappa shape index (κ1) is 17.3. The minimum Gasteiger partial charge on any atom is -0.398 e. The number of pyridine rings is 1. The van der Waals surface area contributed by atoms with Crippen LogP contribution in [0, 0.1) is 0 Å². The second-order valence-corrected chi connectivity index (χ2v) is 6.75. The maximum Gasteiger partial charge on any atom is 0.234 e. The van der Waals surface area contributed by atoms with Gasteiger partial charge in [0.15, 0.2) is 10.8 Å². The third kappa shape index (κ3) is 4.51. The Labute approximate surface area is 150 Å². The number of aryl methyl sites for hydroxylation is 1. The number of nitrogens with two attached hydrogens (primary N) is 1. The molecule has 3 rings (SSSR count). The zero-order valence-electron chi connectivity index (χ0n) is 14.1. The highest BCUT2D eigenvalue weighted by molar-refractivity contribution is 7.99. The number of nitrogens with one attached hydrogen (secondary N) is 1. The van der Waals surface area contributed by atoms with E-state index in [4.69, 9.17) is 5.73 Å². The molecule has 1 amide bonds. The van der Waals surface area contributed by atoms with Crippen molar-refractivity contribution in [3.8, 4) is 0 Å². The van der Waals surface area contributed by atoms with Crippen LogP contribution >= 0.6 is 11.8 Å². The van der Waals surface area contributed by atoms with E-state index in [1.165, 1.54) is 30.2 Å². The summed E-state index contributed by atoms with van der Waals surface area (Å²) in [4.78, 5) is 12.2. The van der Waals surface area contributed by atoms with E-state index in [-0.39, 0.29) is 11.7 Å². The number of hydrogen-bond donors (Lipinski definition) is 2. The molecule has 0 fully saturated rings. The molecule has 7 heteroatoms. The highest BCUT2D eigenvalue weighted by Crippen LogP contribution is 2.19. The molecule has 0 spiro atoms. The fourth-order valence-corrected chi connectivity index (χ4v) is 3.16. The van der Waals surface area contributed by atoms with Gasteiger partial charge >= 0.3 is 0 Å². The third-order valence-electron chi connectivity index (χ3n) is 3.78. The summed E-state index contributed by atoms with van der Waals surface area (Å²) < 4.78 is 1.79. The first-order valence-corrected chi connectivity index (χ1v) is 9.26. The summed E-state index contributed by atoms with van der Waals surface area (Å²) >= 11 is 1.33. The molecule has 0 radical (unpaired) electrons. The molecule has 2 aromatic heterocycles. The van der Waals surface area contributed by atoms with E-state index in [9.17, 15) is 4.79 Å². The second kappa shape index (κ2) is 8.02. The second-order valence-electron chi connectivity index (χ2n) is 5.81. The summed E-state index contributed by atoms with van der Waals surface area (Å²) in [6, 6.07) is 11.6. The van der Waals surface area contributed by atoms with Crippen LogP contribution in [0.25, 0.3) is 5.65 Å².